The molecule has 1 aliphatic carbocycles. The van der Waals surface area contributed by atoms with Crippen LogP contribution in [-0.4, -0.2) is 54.2 Å². The quantitative estimate of drug-likeness (QED) is 0.830. The molecule has 0 aromatic heterocycles. The number of alkyl carbamates (subject to hydrolysis) is 1. The Morgan fingerprint density at radius 2 is 1.74 bits per heavy atom. The zero-order valence-corrected chi connectivity index (χ0v) is 14.7. The zero-order valence-electron chi connectivity index (χ0n) is 14.7. The second-order valence-corrected chi connectivity index (χ2v) is 7.68. The van der Waals surface area contributed by atoms with Crippen LogP contribution in [0.25, 0.3) is 0 Å². The van der Waals surface area contributed by atoms with Crippen molar-refractivity contribution < 1.29 is 14.3 Å². The van der Waals surface area contributed by atoms with Crippen LogP contribution in [-0.2, 0) is 9.53 Å². The fourth-order valence-corrected chi connectivity index (χ4v) is 3.29. The Hall–Kier alpha value is -1.30. The zero-order chi connectivity index (χ0) is 16.9. The first-order valence-corrected chi connectivity index (χ1v) is 8.84. The molecule has 2 atom stereocenters. The fraction of sp³-hybridized carbons (Fsp3) is 0.882. The molecule has 1 saturated carbocycles. The highest BCUT2D eigenvalue weighted by Crippen LogP contribution is 2.19. The number of hydrogen-bond donors (Lipinski definition) is 2. The second-order valence-electron chi connectivity index (χ2n) is 7.68. The van der Waals surface area contributed by atoms with Crippen molar-refractivity contribution in [3.05, 3.63) is 0 Å². The van der Waals surface area contributed by atoms with Crippen LogP contribution in [0, 0.1) is 0 Å². The van der Waals surface area contributed by atoms with Crippen LogP contribution in [0.4, 0.5) is 4.79 Å². The molecule has 2 unspecified atom stereocenters. The first kappa shape index (κ1) is 18.0. The Kier molecular flexibility index (Phi) is 6.27. The van der Waals surface area contributed by atoms with Crippen LogP contribution >= 0.6 is 0 Å². The Morgan fingerprint density at radius 3 is 2.39 bits per heavy atom. The SMILES string of the molecule is CC(C)(C)OC(=O)NC1CCCC(NCC(=O)N2CCCC2)C1. The van der Waals surface area contributed by atoms with Crippen molar-refractivity contribution in [2.24, 2.45) is 0 Å². The molecule has 6 nitrogen and oxygen atoms in total. The molecule has 1 saturated heterocycles. The van der Waals surface area contributed by atoms with Crippen LogP contribution in [0.2, 0.25) is 0 Å². The summed E-state index contributed by atoms with van der Waals surface area (Å²) in [6.45, 7) is 7.79. The summed E-state index contributed by atoms with van der Waals surface area (Å²) in [4.78, 5) is 25.9. The van der Waals surface area contributed by atoms with Gasteiger partial charge in [-0.3, -0.25) is 4.79 Å². The molecule has 132 valence electrons. The van der Waals surface area contributed by atoms with Crippen LogP contribution in [0.1, 0.15) is 59.3 Å². The van der Waals surface area contributed by atoms with Gasteiger partial charge in [0, 0.05) is 25.2 Å². The molecule has 0 radical (unpaired) electrons. The number of carbonyl (C=O) groups excluding carboxylic acids is 2. The molecular weight excluding hydrogens is 294 g/mol. The molecule has 2 amide bonds. The molecule has 2 fully saturated rings. The van der Waals surface area contributed by atoms with Gasteiger partial charge in [-0.2, -0.15) is 0 Å². The van der Waals surface area contributed by atoms with E-state index in [0.717, 1.165) is 51.6 Å². The van der Waals surface area contributed by atoms with Gasteiger partial charge in [-0.1, -0.05) is 0 Å². The van der Waals surface area contributed by atoms with Gasteiger partial charge in [0.05, 0.1) is 6.54 Å². The van der Waals surface area contributed by atoms with Crippen molar-refractivity contribution in [3.8, 4) is 0 Å². The third kappa shape index (κ3) is 6.37. The lowest BCUT2D eigenvalue weighted by Gasteiger charge is -2.31. The van der Waals surface area contributed by atoms with E-state index in [4.69, 9.17) is 4.74 Å². The number of likely N-dealkylation sites (tertiary alicyclic amines) is 1. The lowest BCUT2D eigenvalue weighted by molar-refractivity contribution is -0.129. The van der Waals surface area contributed by atoms with Gasteiger partial charge < -0.3 is 20.3 Å². The van der Waals surface area contributed by atoms with Gasteiger partial charge >= 0.3 is 6.09 Å². The van der Waals surface area contributed by atoms with Crippen molar-refractivity contribution in [2.75, 3.05) is 19.6 Å². The van der Waals surface area contributed by atoms with Gasteiger partial charge in [-0.25, -0.2) is 4.79 Å². The van der Waals surface area contributed by atoms with E-state index in [-0.39, 0.29) is 24.1 Å². The predicted octanol–water partition coefficient (Wildman–Crippen LogP) is 2.03. The Bertz CT molecular complexity index is 414. The molecule has 0 spiro atoms. The maximum absolute atomic E-state index is 12.1. The van der Waals surface area contributed by atoms with E-state index in [0.29, 0.717) is 6.54 Å². The summed E-state index contributed by atoms with van der Waals surface area (Å²) in [7, 11) is 0. The highest BCUT2D eigenvalue weighted by Gasteiger charge is 2.26. The van der Waals surface area contributed by atoms with E-state index in [9.17, 15) is 9.59 Å². The monoisotopic (exact) mass is 325 g/mol. The minimum absolute atomic E-state index is 0.123. The van der Waals surface area contributed by atoms with Gasteiger partial charge in [-0.15, -0.1) is 0 Å². The maximum atomic E-state index is 12.1. The molecule has 6 heteroatoms. The fourth-order valence-electron chi connectivity index (χ4n) is 3.29. The lowest BCUT2D eigenvalue weighted by Crippen LogP contribution is -2.47. The minimum atomic E-state index is -0.474. The van der Waals surface area contributed by atoms with Crippen molar-refractivity contribution in [3.63, 3.8) is 0 Å². The van der Waals surface area contributed by atoms with Crippen LogP contribution in [0.3, 0.4) is 0 Å². The van der Waals surface area contributed by atoms with E-state index in [1.54, 1.807) is 0 Å². The number of ether oxygens (including phenoxy) is 1. The highest BCUT2D eigenvalue weighted by atomic mass is 16.6. The number of rotatable bonds is 4. The summed E-state index contributed by atoms with van der Waals surface area (Å²) in [5.74, 6) is 0.199. The molecule has 2 rings (SSSR count). The molecule has 2 N–H and O–H groups in total. The van der Waals surface area contributed by atoms with Crippen molar-refractivity contribution in [2.45, 2.75) is 77.0 Å². The Labute approximate surface area is 139 Å². The van der Waals surface area contributed by atoms with Gasteiger partial charge in [0.15, 0.2) is 0 Å². The average Bonchev–Trinajstić information content (AvgIpc) is 2.97. The molecule has 0 aromatic rings. The minimum Gasteiger partial charge on any atom is -0.444 e. The van der Waals surface area contributed by atoms with E-state index in [1.165, 1.54) is 0 Å². The second kappa shape index (κ2) is 7.99. The van der Waals surface area contributed by atoms with Gasteiger partial charge in [0.1, 0.15) is 5.60 Å². The number of amides is 2. The van der Waals surface area contributed by atoms with Gasteiger partial charge in [0.2, 0.25) is 5.91 Å². The van der Waals surface area contributed by atoms with Crippen molar-refractivity contribution in [1.29, 1.82) is 0 Å². The maximum Gasteiger partial charge on any atom is 0.407 e. The summed E-state index contributed by atoms with van der Waals surface area (Å²) in [6.07, 6.45) is 5.82. The van der Waals surface area contributed by atoms with Crippen LogP contribution in [0.15, 0.2) is 0 Å². The van der Waals surface area contributed by atoms with E-state index >= 15 is 0 Å². The molecule has 0 aromatic carbocycles. The number of carbonyl (C=O) groups is 2. The normalized spacial score (nSPS) is 25.3. The first-order valence-electron chi connectivity index (χ1n) is 8.84. The third-order valence-corrected chi connectivity index (χ3v) is 4.40. The first-order chi connectivity index (χ1) is 10.8. The summed E-state index contributed by atoms with van der Waals surface area (Å²) in [5.41, 5.74) is -0.474. The lowest BCUT2D eigenvalue weighted by atomic mass is 9.91. The molecular formula is C17H31N3O3. The smallest absolute Gasteiger partial charge is 0.407 e. The molecule has 23 heavy (non-hydrogen) atoms. The average molecular weight is 325 g/mol. The van der Waals surface area contributed by atoms with Crippen LogP contribution in [0.5, 0.6) is 0 Å². The van der Waals surface area contributed by atoms with Crippen molar-refractivity contribution in [1.82, 2.24) is 15.5 Å². The summed E-state index contributed by atoms with van der Waals surface area (Å²) < 4.78 is 5.31. The van der Waals surface area contributed by atoms with E-state index in [2.05, 4.69) is 10.6 Å². The summed E-state index contributed by atoms with van der Waals surface area (Å²) in [6, 6.07) is 0.410. The molecule has 2 aliphatic rings. The Balaban J connectivity index is 1.70. The molecule has 1 aliphatic heterocycles. The Morgan fingerprint density at radius 1 is 1.09 bits per heavy atom. The molecule has 1 heterocycles. The van der Waals surface area contributed by atoms with Gasteiger partial charge in [0.25, 0.3) is 0 Å². The summed E-state index contributed by atoms with van der Waals surface area (Å²) in [5, 5.41) is 6.32. The highest BCUT2D eigenvalue weighted by molar-refractivity contribution is 5.78. The molecule has 0 bridgehead atoms. The standard InChI is InChI=1S/C17H31N3O3/c1-17(2,3)23-16(22)19-14-8-6-7-13(11-14)18-12-15(21)20-9-4-5-10-20/h13-14,18H,4-12H2,1-3H3,(H,19,22). The van der Waals surface area contributed by atoms with Crippen LogP contribution < -0.4 is 10.6 Å². The number of nitrogens with zero attached hydrogens (tertiary/aromatic N) is 1. The van der Waals surface area contributed by atoms with E-state index in [1.807, 2.05) is 25.7 Å². The topological polar surface area (TPSA) is 70.7 Å². The van der Waals surface area contributed by atoms with Crippen molar-refractivity contribution >= 4 is 12.0 Å². The summed E-state index contributed by atoms with van der Waals surface area (Å²) >= 11 is 0. The van der Waals surface area contributed by atoms with Gasteiger partial charge in [-0.05, 0) is 59.3 Å². The third-order valence-electron chi connectivity index (χ3n) is 4.40. The number of hydrogen-bond acceptors (Lipinski definition) is 4. The van der Waals surface area contributed by atoms with E-state index < -0.39 is 5.60 Å². The number of nitrogens with one attached hydrogen (secondary N) is 2. The predicted molar refractivity (Wildman–Crippen MR) is 89.2 cm³/mol. The largest absolute Gasteiger partial charge is 0.444 e.